The van der Waals surface area contributed by atoms with Crippen LogP contribution in [0.4, 0.5) is 23.8 Å². The van der Waals surface area contributed by atoms with E-state index in [4.69, 9.17) is 4.74 Å². The standard InChI is InChI=1S/C14H14F3N3O4S2/c1-14(2,3)24-13(21)20(19-12-6-25-7-18-12)26(22,23)11-5-9(16)8(15)4-10(11)17/h4-7,19H,1-3H3. The molecule has 0 radical (unpaired) electrons. The van der Waals surface area contributed by atoms with E-state index in [1.165, 1.54) is 31.7 Å². The second kappa shape index (κ2) is 7.11. The number of hydrogen-bond donors (Lipinski definition) is 1. The van der Waals surface area contributed by atoms with E-state index >= 15 is 0 Å². The number of ether oxygens (including phenoxy) is 1. The van der Waals surface area contributed by atoms with Crippen molar-refractivity contribution in [1.82, 2.24) is 9.40 Å². The predicted molar refractivity (Wildman–Crippen MR) is 87.3 cm³/mol. The van der Waals surface area contributed by atoms with E-state index < -0.39 is 44.1 Å². The highest BCUT2D eigenvalue weighted by molar-refractivity contribution is 7.89. The van der Waals surface area contributed by atoms with E-state index in [1.54, 1.807) is 0 Å². The van der Waals surface area contributed by atoms with Crippen LogP contribution in [0.1, 0.15) is 20.8 Å². The number of rotatable bonds is 4. The van der Waals surface area contributed by atoms with Crippen LogP contribution in [-0.4, -0.2) is 29.5 Å². The summed E-state index contributed by atoms with van der Waals surface area (Å²) in [4.78, 5) is 14.8. The zero-order chi connectivity index (χ0) is 19.7. The topological polar surface area (TPSA) is 88.6 Å². The van der Waals surface area contributed by atoms with Crippen molar-refractivity contribution in [2.24, 2.45) is 0 Å². The fraction of sp³-hybridized carbons (Fsp3) is 0.286. The predicted octanol–water partition coefficient (Wildman–Crippen LogP) is 3.51. The molecule has 2 aromatic rings. The number of hydrazine groups is 1. The van der Waals surface area contributed by atoms with Crippen LogP contribution in [0.3, 0.4) is 0 Å². The van der Waals surface area contributed by atoms with Gasteiger partial charge in [0, 0.05) is 17.5 Å². The van der Waals surface area contributed by atoms with Gasteiger partial charge in [-0.25, -0.2) is 22.9 Å². The van der Waals surface area contributed by atoms with E-state index in [0.717, 1.165) is 11.3 Å². The Morgan fingerprint density at radius 1 is 1.19 bits per heavy atom. The first kappa shape index (κ1) is 20.0. The maximum atomic E-state index is 14.0. The highest BCUT2D eigenvalue weighted by atomic mass is 32.2. The summed E-state index contributed by atoms with van der Waals surface area (Å²) in [7, 11) is -4.99. The molecule has 12 heteroatoms. The Morgan fingerprint density at radius 3 is 2.35 bits per heavy atom. The molecule has 0 aliphatic rings. The molecule has 0 aliphatic carbocycles. The van der Waals surface area contributed by atoms with Crippen LogP contribution in [0.15, 0.2) is 27.9 Å². The van der Waals surface area contributed by atoms with Gasteiger partial charge in [-0.15, -0.1) is 15.8 Å². The number of sulfonamides is 1. The van der Waals surface area contributed by atoms with Gasteiger partial charge in [0.25, 0.3) is 10.0 Å². The third-order valence-corrected chi connectivity index (χ3v) is 4.88. The Balaban J connectivity index is 2.52. The van der Waals surface area contributed by atoms with Crippen LogP contribution >= 0.6 is 11.3 Å². The minimum atomic E-state index is -4.99. The molecule has 26 heavy (non-hydrogen) atoms. The summed E-state index contributed by atoms with van der Waals surface area (Å²) < 4.78 is 70.8. The van der Waals surface area contributed by atoms with Gasteiger partial charge in [0.1, 0.15) is 16.3 Å². The Kier molecular flexibility index (Phi) is 5.47. The first-order valence-corrected chi connectivity index (χ1v) is 9.38. The molecule has 1 N–H and O–H groups in total. The highest BCUT2D eigenvalue weighted by Gasteiger charge is 2.36. The van der Waals surface area contributed by atoms with Gasteiger partial charge in [0.15, 0.2) is 17.5 Å². The second-order valence-corrected chi connectivity index (χ2v) is 8.41. The van der Waals surface area contributed by atoms with Crippen molar-refractivity contribution in [3.05, 3.63) is 40.5 Å². The molecular formula is C14H14F3N3O4S2. The Bertz CT molecular complexity index is 912. The van der Waals surface area contributed by atoms with Gasteiger partial charge >= 0.3 is 6.09 Å². The lowest BCUT2D eigenvalue weighted by Crippen LogP contribution is -2.44. The van der Waals surface area contributed by atoms with Gasteiger partial charge in [-0.2, -0.15) is 8.42 Å². The molecule has 2 rings (SSSR count). The number of carbonyl (C=O) groups excluding carboxylic acids is 1. The average Bonchev–Trinajstić information content (AvgIpc) is 2.99. The van der Waals surface area contributed by atoms with Crippen molar-refractivity contribution in [3.8, 4) is 0 Å². The lowest BCUT2D eigenvalue weighted by molar-refractivity contribution is 0.0418. The van der Waals surface area contributed by atoms with Crippen LogP contribution in [0.5, 0.6) is 0 Å². The molecule has 0 atom stereocenters. The van der Waals surface area contributed by atoms with Crippen molar-refractivity contribution in [2.75, 3.05) is 5.43 Å². The van der Waals surface area contributed by atoms with E-state index in [1.807, 2.05) is 0 Å². The number of benzene rings is 1. The lowest BCUT2D eigenvalue weighted by Gasteiger charge is -2.27. The number of nitrogens with zero attached hydrogens (tertiary/aromatic N) is 2. The largest absolute Gasteiger partial charge is 0.444 e. The number of nitrogens with one attached hydrogen (secondary N) is 1. The molecule has 1 amide bonds. The molecule has 0 unspecified atom stereocenters. The van der Waals surface area contributed by atoms with Crippen molar-refractivity contribution >= 4 is 33.3 Å². The summed E-state index contributed by atoms with van der Waals surface area (Å²) >= 11 is 1.09. The summed E-state index contributed by atoms with van der Waals surface area (Å²) in [6, 6.07) is 0.207. The lowest BCUT2D eigenvalue weighted by atomic mass is 10.2. The van der Waals surface area contributed by atoms with Gasteiger partial charge in [-0.1, -0.05) is 0 Å². The van der Waals surface area contributed by atoms with Gasteiger partial charge in [-0.05, 0) is 20.8 Å². The van der Waals surface area contributed by atoms with Crippen LogP contribution < -0.4 is 5.43 Å². The minimum absolute atomic E-state index is 0.0247. The first-order chi connectivity index (χ1) is 11.9. The van der Waals surface area contributed by atoms with Crippen LogP contribution in [0.2, 0.25) is 0 Å². The number of aromatic nitrogens is 1. The normalized spacial score (nSPS) is 11.9. The van der Waals surface area contributed by atoms with Crippen LogP contribution in [0.25, 0.3) is 0 Å². The molecule has 0 fully saturated rings. The molecular weight excluding hydrogens is 395 g/mol. The Labute approximate surface area is 151 Å². The van der Waals surface area contributed by atoms with Crippen LogP contribution in [0, 0.1) is 17.5 Å². The third-order valence-electron chi connectivity index (χ3n) is 2.70. The molecule has 1 heterocycles. The summed E-state index contributed by atoms with van der Waals surface area (Å²) in [5.74, 6) is -4.79. The third kappa shape index (κ3) is 4.43. The van der Waals surface area contributed by atoms with Crippen molar-refractivity contribution in [1.29, 1.82) is 0 Å². The molecule has 142 valence electrons. The van der Waals surface area contributed by atoms with E-state index in [9.17, 15) is 26.4 Å². The van der Waals surface area contributed by atoms with Crippen LogP contribution in [-0.2, 0) is 14.8 Å². The Morgan fingerprint density at radius 2 is 1.81 bits per heavy atom. The molecule has 0 aliphatic heterocycles. The van der Waals surface area contributed by atoms with E-state index in [-0.39, 0.29) is 22.4 Å². The first-order valence-electron chi connectivity index (χ1n) is 6.99. The van der Waals surface area contributed by atoms with E-state index in [2.05, 4.69) is 10.4 Å². The maximum absolute atomic E-state index is 14.0. The van der Waals surface area contributed by atoms with Gasteiger partial charge in [-0.3, -0.25) is 5.43 Å². The van der Waals surface area contributed by atoms with Gasteiger partial charge in [0.05, 0.1) is 5.51 Å². The highest BCUT2D eigenvalue weighted by Crippen LogP contribution is 2.25. The number of anilines is 1. The molecule has 0 saturated carbocycles. The smallest absolute Gasteiger partial charge is 0.442 e. The number of hydrogen-bond acceptors (Lipinski definition) is 7. The SMILES string of the molecule is CC(C)(C)OC(=O)N(Nc1cscn1)S(=O)(=O)c1cc(F)c(F)cc1F. The van der Waals surface area contributed by atoms with Gasteiger partial charge < -0.3 is 4.74 Å². The monoisotopic (exact) mass is 409 g/mol. The van der Waals surface area contributed by atoms with Crippen molar-refractivity contribution in [2.45, 2.75) is 31.3 Å². The Hall–Kier alpha value is -2.34. The maximum Gasteiger partial charge on any atom is 0.444 e. The molecule has 0 spiro atoms. The quantitative estimate of drug-likeness (QED) is 0.614. The summed E-state index contributed by atoms with van der Waals surface area (Å²) in [6.45, 7) is 4.45. The van der Waals surface area contributed by atoms with Crippen molar-refractivity contribution < 1.29 is 31.1 Å². The number of carbonyl (C=O) groups is 1. The molecule has 0 bridgehead atoms. The van der Waals surface area contributed by atoms with Crippen molar-refractivity contribution in [3.63, 3.8) is 0 Å². The summed E-state index contributed by atoms with van der Waals surface area (Å²) in [5, 5.41) is 1.37. The number of thiazole rings is 1. The molecule has 1 aromatic carbocycles. The summed E-state index contributed by atoms with van der Waals surface area (Å²) in [5.41, 5.74) is 2.43. The number of amides is 1. The molecule has 1 aromatic heterocycles. The second-order valence-electron chi connectivity index (χ2n) is 5.93. The average molecular weight is 409 g/mol. The molecule has 0 saturated heterocycles. The minimum Gasteiger partial charge on any atom is -0.442 e. The number of halogens is 3. The van der Waals surface area contributed by atoms with Gasteiger partial charge in [0.2, 0.25) is 0 Å². The zero-order valence-corrected chi connectivity index (χ0v) is 15.4. The summed E-state index contributed by atoms with van der Waals surface area (Å²) in [6.07, 6.45) is -1.41. The zero-order valence-electron chi connectivity index (χ0n) is 13.8. The van der Waals surface area contributed by atoms with E-state index in [0.29, 0.717) is 0 Å². The molecule has 7 nitrogen and oxygen atoms in total. The fourth-order valence-corrected chi connectivity index (χ4v) is 3.36. The fourth-order valence-electron chi connectivity index (χ4n) is 1.68.